The summed E-state index contributed by atoms with van der Waals surface area (Å²) in [5.41, 5.74) is 2.30. The fourth-order valence-electron chi connectivity index (χ4n) is 1.92. The molecule has 2 aromatic carbocycles. The molecule has 0 aliphatic rings. The number of halogens is 1. The van der Waals surface area contributed by atoms with Gasteiger partial charge < -0.3 is 9.47 Å². The minimum absolute atomic E-state index is 0.193. The monoisotopic (exact) mass is 288 g/mol. The van der Waals surface area contributed by atoms with E-state index in [9.17, 15) is 9.18 Å². The van der Waals surface area contributed by atoms with Crippen molar-refractivity contribution in [3.05, 3.63) is 65.0 Å². The van der Waals surface area contributed by atoms with Crippen molar-refractivity contribution >= 4 is 5.97 Å². The van der Waals surface area contributed by atoms with Crippen LogP contribution in [0.4, 0.5) is 4.39 Å². The molecule has 0 aliphatic carbocycles. The molecule has 0 aliphatic heterocycles. The Kier molecular flexibility index (Phi) is 4.93. The van der Waals surface area contributed by atoms with Gasteiger partial charge in [-0.15, -0.1) is 0 Å². The molecule has 0 heterocycles. The van der Waals surface area contributed by atoms with Crippen LogP contribution in [0.3, 0.4) is 0 Å². The Hall–Kier alpha value is -2.36. The van der Waals surface area contributed by atoms with Crippen LogP contribution < -0.4 is 4.74 Å². The van der Waals surface area contributed by atoms with Crippen molar-refractivity contribution in [3.8, 4) is 5.75 Å². The summed E-state index contributed by atoms with van der Waals surface area (Å²) >= 11 is 0. The first kappa shape index (κ1) is 15.0. The number of ether oxygens (including phenoxy) is 2. The Morgan fingerprint density at radius 1 is 1.14 bits per heavy atom. The topological polar surface area (TPSA) is 35.5 Å². The summed E-state index contributed by atoms with van der Waals surface area (Å²) in [5.74, 6) is -0.134. The molecule has 0 amide bonds. The summed E-state index contributed by atoms with van der Waals surface area (Å²) < 4.78 is 23.7. The average Bonchev–Trinajstić information content (AvgIpc) is 2.49. The van der Waals surface area contributed by atoms with Crippen LogP contribution in [0.25, 0.3) is 0 Å². The number of hydrogen-bond acceptors (Lipinski definition) is 3. The molecule has 0 fully saturated rings. The summed E-state index contributed by atoms with van der Waals surface area (Å²) in [6.07, 6.45) is 0.193. The molecule has 21 heavy (non-hydrogen) atoms. The van der Waals surface area contributed by atoms with E-state index in [1.807, 2.05) is 24.3 Å². The molecule has 0 saturated heterocycles. The third-order valence-corrected chi connectivity index (χ3v) is 3.22. The number of benzene rings is 2. The number of methoxy groups -OCH3 is 1. The predicted molar refractivity (Wildman–Crippen MR) is 77.6 cm³/mol. The van der Waals surface area contributed by atoms with Gasteiger partial charge in [0.1, 0.15) is 18.2 Å². The quantitative estimate of drug-likeness (QED) is 0.791. The van der Waals surface area contributed by atoms with Crippen LogP contribution in [0.15, 0.2) is 42.5 Å². The first-order valence-electron chi connectivity index (χ1n) is 6.62. The van der Waals surface area contributed by atoms with Crippen LogP contribution in [0.5, 0.6) is 5.75 Å². The van der Waals surface area contributed by atoms with Gasteiger partial charge in [-0.05, 0) is 29.7 Å². The lowest BCUT2D eigenvalue weighted by Gasteiger charge is -2.11. The van der Waals surface area contributed by atoms with E-state index in [-0.39, 0.29) is 24.8 Å². The van der Waals surface area contributed by atoms with Crippen LogP contribution in [0, 0.1) is 12.7 Å². The number of esters is 1. The Morgan fingerprint density at radius 3 is 2.52 bits per heavy atom. The predicted octanol–water partition coefficient (Wildman–Crippen LogP) is 3.43. The Balaban J connectivity index is 2.09. The van der Waals surface area contributed by atoms with Gasteiger partial charge in [-0.1, -0.05) is 30.3 Å². The molecule has 2 rings (SSSR count). The molecule has 0 unspecified atom stereocenters. The van der Waals surface area contributed by atoms with Crippen molar-refractivity contribution in [3.63, 3.8) is 0 Å². The summed E-state index contributed by atoms with van der Waals surface area (Å²) in [5, 5.41) is 0. The fraction of sp³-hybridized carbons (Fsp3) is 0.235. The van der Waals surface area contributed by atoms with Crippen molar-refractivity contribution in [2.24, 2.45) is 0 Å². The zero-order valence-corrected chi connectivity index (χ0v) is 12.1. The first-order valence-corrected chi connectivity index (χ1v) is 6.62. The van der Waals surface area contributed by atoms with Gasteiger partial charge >= 0.3 is 5.97 Å². The van der Waals surface area contributed by atoms with Gasteiger partial charge in [-0.25, -0.2) is 4.39 Å². The maximum Gasteiger partial charge on any atom is 0.309 e. The van der Waals surface area contributed by atoms with Crippen molar-refractivity contribution in [2.45, 2.75) is 20.0 Å². The van der Waals surface area contributed by atoms with E-state index in [0.717, 1.165) is 11.1 Å². The molecule has 4 heteroatoms. The van der Waals surface area contributed by atoms with Gasteiger partial charge in [0.2, 0.25) is 0 Å². The van der Waals surface area contributed by atoms with E-state index in [2.05, 4.69) is 4.74 Å². The molecule has 110 valence electrons. The lowest BCUT2D eigenvalue weighted by Crippen LogP contribution is -2.08. The standard InChI is InChI=1S/C17H17FO3/c1-12-7-8-15(10-16(12)18)21-11-14-6-4-3-5-13(14)9-17(19)20-2/h3-8,10H,9,11H2,1-2H3. The highest BCUT2D eigenvalue weighted by Crippen LogP contribution is 2.18. The zero-order valence-electron chi connectivity index (χ0n) is 12.1. The molecule has 0 radical (unpaired) electrons. The lowest BCUT2D eigenvalue weighted by molar-refractivity contribution is -0.139. The number of carbonyl (C=O) groups excluding carboxylic acids is 1. The molecule has 0 spiro atoms. The van der Waals surface area contributed by atoms with Crippen LogP contribution in [0.1, 0.15) is 16.7 Å². The van der Waals surface area contributed by atoms with Gasteiger partial charge in [0.25, 0.3) is 0 Å². The van der Waals surface area contributed by atoms with Gasteiger partial charge in [-0.3, -0.25) is 4.79 Å². The van der Waals surface area contributed by atoms with Crippen LogP contribution in [0.2, 0.25) is 0 Å². The van der Waals surface area contributed by atoms with E-state index in [1.54, 1.807) is 19.1 Å². The summed E-state index contributed by atoms with van der Waals surface area (Å²) in [6, 6.07) is 12.2. The van der Waals surface area contributed by atoms with Gasteiger partial charge in [-0.2, -0.15) is 0 Å². The van der Waals surface area contributed by atoms with Crippen molar-refractivity contribution in [1.82, 2.24) is 0 Å². The highest BCUT2D eigenvalue weighted by Gasteiger charge is 2.08. The highest BCUT2D eigenvalue weighted by molar-refractivity contribution is 5.72. The number of aryl methyl sites for hydroxylation is 1. The highest BCUT2D eigenvalue weighted by atomic mass is 19.1. The van der Waals surface area contributed by atoms with Crippen LogP contribution >= 0.6 is 0 Å². The fourth-order valence-corrected chi connectivity index (χ4v) is 1.92. The molecular formula is C17H17FO3. The van der Waals surface area contributed by atoms with Gasteiger partial charge in [0.15, 0.2) is 0 Å². The van der Waals surface area contributed by atoms with E-state index < -0.39 is 0 Å². The third-order valence-electron chi connectivity index (χ3n) is 3.22. The number of hydrogen-bond donors (Lipinski definition) is 0. The molecule has 0 N–H and O–H groups in total. The molecule has 2 aromatic rings. The van der Waals surface area contributed by atoms with E-state index in [4.69, 9.17) is 4.74 Å². The number of carbonyl (C=O) groups is 1. The Bertz CT molecular complexity index is 638. The van der Waals surface area contributed by atoms with Gasteiger partial charge in [0.05, 0.1) is 13.5 Å². The normalized spacial score (nSPS) is 10.2. The molecule has 3 nitrogen and oxygen atoms in total. The smallest absolute Gasteiger partial charge is 0.309 e. The van der Waals surface area contributed by atoms with Crippen molar-refractivity contribution < 1.29 is 18.7 Å². The summed E-state index contributed by atoms with van der Waals surface area (Å²) in [7, 11) is 1.36. The molecule has 0 aromatic heterocycles. The van der Waals surface area contributed by atoms with E-state index in [1.165, 1.54) is 13.2 Å². The average molecular weight is 288 g/mol. The second kappa shape index (κ2) is 6.88. The molecule has 0 bridgehead atoms. The van der Waals surface area contributed by atoms with E-state index >= 15 is 0 Å². The maximum absolute atomic E-state index is 13.5. The molecule has 0 atom stereocenters. The second-order valence-corrected chi connectivity index (χ2v) is 4.72. The zero-order chi connectivity index (χ0) is 15.2. The minimum atomic E-state index is -0.302. The summed E-state index contributed by atoms with van der Waals surface area (Å²) in [6.45, 7) is 1.97. The SMILES string of the molecule is COC(=O)Cc1ccccc1COc1ccc(C)c(F)c1. The lowest BCUT2D eigenvalue weighted by atomic mass is 10.1. The van der Waals surface area contributed by atoms with E-state index in [0.29, 0.717) is 11.3 Å². The van der Waals surface area contributed by atoms with Gasteiger partial charge in [0, 0.05) is 6.07 Å². The minimum Gasteiger partial charge on any atom is -0.489 e. The maximum atomic E-state index is 13.5. The molecule has 0 saturated carbocycles. The Labute approximate surface area is 123 Å². The third kappa shape index (κ3) is 4.05. The first-order chi connectivity index (χ1) is 10.1. The number of rotatable bonds is 5. The van der Waals surface area contributed by atoms with Crippen LogP contribution in [-0.4, -0.2) is 13.1 Å². The second-order valence-electron chi connectivity index (χ2n) is 4.72. The van der Waals surface area contributed by atoms with Crippen molar-refractivity contribution in [2.75, 3.05) is 7.11 Å². The van der Waals surface area contributed by atoms with Crippen molar-refractivity contribution in [1.29, 1.82) is 0 Å². The summed E-state index contributed by atoms with van der Waals surface area (Å²) in [4.78, 5) is 11.4. The molecular weight excluding hydrogens is 271 g/mol. The Morgan fingerprint density at radius 2 is 1.86 bits per heavy atom. The van der Waals surface area contributed by atoms with Crippen LogP contribution in [-0.2, 0) is 22.6 Å². The largest absolute Gasteiger partial charge is 0.489 e.